The Balaban J connectivity index is 1.65. The molecule has 3 nitrogen and oxygen atoms in total. The van der Waals surface area contributed by atoms with E-state index in [1.165, 1.54) is 11.1 Å². The number of hydrogen-bond donors (Lipinski definition) is 1. The minimum Gasteiger partial charge on any atom is -0.470 e. The number of rotatable bonds is 3. The van der Waals surface area contributed by atoms with Crippen LogP contribution in [-0.4, -0.2) is 12.1 Å². The van der Waals surface area contributed by atoms with Crippen LogP contribution in [0.25, 0.3) is 0 Å². The third-order valence-corrected chi connectivity index (χ3v) is 3.51. The van der Waals surface area contributed by atoms with Crippen LogP contribution in [0.3, 0.4) is 0 Å². The van der Waals surface area contributed by atoms with Crippen molar-refractivity contribution in [1.29, 1.82) is 0 Å². The van der Waals surface area contributed by atoms with Gasteiger partial charge in [-0.15, -0.1) is 0 Å². The van der Waals surface area contributed by atoms with Gasteiger partial charge in [0.2, 0.25) is 0 Å². The van der Waals surface area contributed by atoms with Crippen LogP contribution >= 0.6 is 0 Å². The molecule has 1 N–H and O–H groups in total. The van der Waals surface area contributed by atoms with Gasteiger partial charge in [0.05, 0.1) is 5.56 Å². The van der Waals surface area contributed by atoms with Gasteiger partial charge in [-0.05, 0) is 31.0 Å². The van der Waals surface area contributed by atoms with Crippen LogP contribution in [0, 0.1) is 6.92 Å². The number of hydrogen-bond acceptors (Lipinski definition) is 2. The lowest BCUT2D eigenvalue weighted by atomic mass is 10.1. The summed E-state index contributed by atoms with van der Waals surface area (Å²) in [7, 11) is 0. The Kier molecular flexibility index (Phi) is 3.42. The van der Waals surface area contributed by atoms with E-state index >= 15 is 0 Å². The number of aryl methyl sites for hydroxylation is 2. The van der Waals surface area contributed by atoms with Crippen molar-refractivity contribution in [1.82, 2.24) is 5.32 Å². The molecule has 20 heavy (non-hydrogen) atoms. The van der Waals surface area contributed by atoms with E-state index < -0.39 is 0 Å². The summed E-state index contributed by atoms with van der Waals surface area (Å²) in [6.07, 6.45) is 1.40. The SMILES string of the molecule is Cc1ccc(CCC2NC(=O)c3ccccc3O2)cc1. The smallest absolute Gasteiger partial charge is 0.257 e. The molecule has 0 radical (unpaired) electrons. The number of amides is 1. The van der Waals surface area contributed by atoms with Crippen molar-refractivity contribution in [2.75, 3.05) is 0 Å². The summed E-state index contributed by atoms with van der Waals surface area (Å²) in [5, 5.41) is 2.89. The third kappa shape index (κ3) is 2.67. The van der Waals surface area contributed by atoms with E-state index in [4.69, 9.17) is 4.74 Å². The molecule has 1 amide bonds. The van der Waals surface area contributed by atoms with Gasteiger partial charge in [0.1, 0.15) is 5.75 Å². The number of ether oxygens (including phenoxy) is 1. The third-order valence-electron chi connectivity index (χ3n) is 3.51. The maximum atomic E-state index is 12.0. The van der Waals surface area contributed by atoms with E-state index in [2.05, 4.69) is 36.5 Å². The lowest BCUT2D eigenvalue weighted by molar-refractivity contribution is 0.0741. The summed E-state index contributed by atoms with van der Waals surface area (Å²) in [4.78, 5) is 12.0. The molecular weight excluding hydrogens is 250 g/mol. The van der Waals surface area contributed by atoms with E-state index in [0.29, 0.717) is 11.3 Å². The number of nitrogens with one attached hydrogen (secondary N) is 1. The van der Waals surface area contributed by atoms with E-state index in [1.807, 2.05) is 18.2 Å². The number of fused-ring (bicyclic) bond motifs is 1. The Bertz CT molecular complexity index is 619. The molecule has 0 bridgehead atoms. The van der Waals surface area contributed by atoms with Crippen molar-refractivity contribution >= 4 is 5.91 Å². The Morgan fingerprint density at radius 2 is 1.85 bits per heavy atom. The predicted molar refractivity (Wildman–Crippen MR) is 77.8 cm³/mol. The van der Waals surface area contributed by atoms with Crippen LogP contribution in [0.2, 0.25) is 0 Å². The van der Waals surface area contributed by atoms with Crippen LogP contribution in [0.4, 0.5) is 0 Å². The standard InChI is InChI=1S/C17H17NO2/c1-12-6-8-13(9-7-12)10-11-16-18-17(19)14-4-2-3-5-15(14)20-16/h2-9,16H,10-11H2,1H3,(H,18,19). The highest BCUT2D eigenvalue weighted by Gasteiger charge is 2.24. The number of carbonyl (C=O) groups is 1. The zero-order valence-corrected chi connectivity index (χ0v) is 11.4. The molecular formula is C17H17NO2. The van der Waals surface area contributed by atoms with E-state index in [1.54, 1.807) is 6.07 Å². The van der Waals surface area contributed by atoms with Crippen LogP contribution in [0.15, 0.2) is 48.5 Å². The molecule has 2 aromatic carbocycles. The summed E-state index contributed by atoms with van der Waals surface area (Å²) in [5.41, 5.74) is 3.12. The van der Waals surface area contributed by atoms with Gasteiger partial charge in [-0.25, -0.2) is 0 Å². The van der Waals surface area contributed by atoms with Gasteiger partial charge in [-0.1, -0.05) is 42.0 Å². The van der Waals surface area contributed by atoms with Crippen molar-refractivity contribution in [2.45, 2.75) is 26.0 Å². The molecule has 1 atom stereocenters. The lowest BCUT2D eigenvalue weighted by Crippen LogP contribution is -2.43. The lowest BCUT2D eigenvalue weighted by Gasteiger charge is -2.26. The second-order valence-electron chi connectivity index (χ2n) is 5.10. The zero-order valence-electron chi connectivity index (χ0n) is 11.4. The minimum absolute atomic E-state index is 0.0549. The van der Waals surface area contributed by atoms with Gasteiger partial charge in [0.15, 0.2) is 6.23 Å². The zero-order chi connectivity index (χ0) is 13.9. The van der Waals surface area contributed by atoms with Gasteiger partial charge >= 0.3 is 0 Å². The summed E-state index contributed by atoms with van der Waals surface area (Å²) < 4.78 is 5.82. The molecule has 0 fully saturated rings. The molecule has 102 valence electrons. The Morgan fingerprint density at radius 3 is 2.65 bits per heavy atom. The Hall–Kier alpha value is -2.29. The van der Waals surface area contributed by atoms with Crippen LogP contribution in [0.5, 0.6) is 5.75 Å². The highest BCUT2D eigenvalue weighted by Crippen LogP contribution is 2.24. The Morgan fingerprint density at radius 1 is 1.10 bits per heavy atom. The predicted octanol–water partition coefficient (Wildman–Crippen LogP) is 3.08. The monoisotopic (exact) mass is 267 g/mol. The minimum atomic E-state index is -0.251. The van der Waals surface area contributed by atoms with Crippen LogP contribution in [0.1, 0.15) is 27.9 Å². The maximum Gasteiger partial charge on any atom is 0.257 e. The number of para-hydroxylation sites is 1. The molecule has 0 aromatic heterocycles. The second kappa shape index (κ2) is 5.37. The number of benzene rings is 2. The van der Waals surface area contributed by atoms with Crippen molar-refractivity contribution in [2.24, 2.45) is 0 Å². The van der Waals surface area contributed by atoms with Gasteiger partial charge in [0, 0.05) is 6.42 Å². The average Bonchev–Trinajstić information content (AvgIpc) is 2.47. The fraction of sp³-hybridized carbons (Fsp3) is 0.235. The summed E-state index contributed by atoms with van der Waals surface area (Å²) in [6, 6.07) is 15.8. The molecule has 3 heteroatoms. The molecule has 0 aliphatic carbocycles. The quantitative estimate of drug-likeness (QED) is 0.928. The molecule has 1 aliphatic rings. The first kappa shape index (κ1) is 12.7. The fourth-order valence-corrected chi connectivity index (χ4v) is 2.35. The van der Waals surface area contributed by atoms with Crippen molar-refractivity contribution in [3.63, 3.8) is 0 Å². The van der Waals surface area contributed by atoms with Crippen molar-refractivity contribution in [3.8, 4) is 5.75 Å². The Labute approximate surface area is 118 Å². The van der Waals surface area contributed by atoms with E-state index in [-0.39, 0.29) is 12.1 Å². The molecule has 1 unspecified atom stereocenters. The molecule has 2 aromatic rings. The maximum absolute atomic E-state index is 12.0. The highest BCUT2D eigenvalue weighted by molar-refractivity contribution is 5.97. The van der Waals surface area contributed by atoms with E-state index in [0.717, 1.165) is 12.8 Å². The number of carbonyl (C=O) groups excluding carboxylic acids is 1. The highest BCUT2D eigenvalue weighted by atomic mass is 16.5. The van der Waals surface area contributed by atoms with Gasteiger partial charge in [-0.3, -0.25) is 4.79 Å². The topological polar surface area (TPSA) is 38.3 Å². The summed E-state index contributed by atoms with van der Waals surface area (Å²) >= 11 is 0. The molecule has 0 saturated carbocycles. The largest absolute Gasteiger partial charge is 0.470 e. The molecule has 0 saturated heterocycles. The first-order valence-corrected chi connectivity index (χ1v) is 6.84. The average molecular weight is 267 g/mol. The first-order valence-electron chi connectivity index (χ1n) is 6.84. The van der Waals surface area contributed by atoms with Crippen molar-refractivity contribution < 1.29 is 9.53 Å². The normalized spacial score (nSPS) is 17.1. The molecule has 3 rings (SSSR count). The van der Waals surface area contributed by atoms with Crippen molar-refractivity contribution in [3.05, 3.63) is 65.2 Å². The second-order valence-corrected chi connectivity index (χ2v) is 5.10. The molecule has 1 aliphatic heterocycles. The van der Waals surface area contributed by atoms with E-state index in [9.17, 15) is 4.79 Å². The van der Waals surface area contributed by atoms with Gasteiger partial charge in [-0.2, -0.15) is 0 Å². The summed E-state index contributed by atoms with van der Waals surface area (Å²) in [5.74, 6) is 0.617. The fourth-order valence-electron chi connectivity index (χ4n) is 2.35. The summed E-state index contributed by atoms with van der Waals surface area (Å²) in [6.45, 7) is 2.07. The molecule has 0 spiro atoms. The molecule has 1 heterocycles. The van der Waals surface area contributed by atoms with Gasteiger partial charge < -0.3 is 10.1 Å². The van der Waals surface area contributed by atoms with Gasteiger partial charge in [0.25, 0.3) is 5.91 Å². The van der Waals surface area contributed by atoms with Crippen LogP contribution < -0.4 is 10.1 Å². The van der Waals surface area contributed by atoms with Crippen LogP contribution in [-0.2, 0) is 6.42 Å². The first-order chi connectivity index (χ1) is 9.72.